The molecule has 0 aliphatic carbocycles. The van der Waals surface area contributed by atoms with Crippen molar-refractivity contribution in [3.8, 4) is 0 Å². The first-order valence-corrected chi connectivity index (χ1v) is 7.28. The third-order valence-electron chi connectivity index (χ3n) is 4.18. The SMILES string of the molecule is CNCCC1CCCCN1C(C)c1ccccc1. The zero-order valence-corrected chi connectivity index (χ0v) is 11.7. The van der Waals surface area contributed by atoms with Crippen molar-refractivity contribution in [1.29, 1.82) is 0 Å². The van der Waals surface area contributed by atoms with Gasteiger partial charge in [0.2, 0.25) is 0 Å². The Morgan fingerprint density at radius 2 is 2.06 bits per heavy atom. The van der Waals surface area contributed by atoms with Gasteiger partial charge >= 0.3 is 0 Å². The van der Waals surface area contributed by atoms with Crippen molar-refractivity contribution in [1.82, 2.24) is 10.2 Å². The summed E-state index contributed by atoms with van der Waals surface area (Å²) >= 11 is 0. The molecule has 2 atom stereocenters. The van der Waals surface area contributed by atoms with Gasteiger partial charge in [-0.05, 0) is 51.9 Å². The number of piperidine rings is 1. The molecule has 1 aliphatic heterocycles. The smallest absolute Gasteiger partial charge is 0.0322 e. The third kappa shape index (κ3) is 3.33. The second-order valence-corrected chi connectivity index (χ2v) is 5.37. The van der Waals surface area contributed by atoms with Crippen LogP contribution in [0.15, 0.2) is 30.3 Å². The fourth-order valence-corrected chi connectivity index (χ4v) is 3.08. The second kappa shape index (κ2) is 6.91. The number of likely N-dealkylation sites (tertiary alicyclic amines) is 1. The molecule has 0 saturated carbocycles. The van der Waals surface area contributed by atoms with E-state index in [1.165, 1.54) is 37.8 Å². The highest BCUT2D eigenvalue weighted by Gasteiger charge is 2.26. The Kier molecular flexibility index (Phi) is 5.21. The van der Waals surface area contributed by atoms with Crippen molar-refractivity contribution in [2.45, 2.75) is 44.7 Å². The average molecular weight is 246 g/mol. The van der Waals surface area contributed by atoms with E-state index in [-0.39, 0.29) is 0 Å². The number of rotatable bonds is 5. The molecule has 0 aromatic heterocycles. The molecule has 1 fully saturated rings. The molecule has 1 heterocycles. The highest BCUT2D eigenvalue weighted by Crippen LogP contribution is 2.29. The Bertz CT molecular complexity index is 336. The molecule has 2 unspecified atom stereocenters. The van der Waals surface area contributed by atoms with E-state index >= 15 is 0 Å². The van der Waals surface area contributed by atoms with Gasteiger partial charge in [0.1, 0.15) is 0 Å². The quantitative estimate of drug-likeness (QED) is 0.858. The van der Waals surface area contributed by atoms with Gasteiger partial charge in [0.15, 0.2) is 0 Å². The summed E-state index contributed by atoms with van der Waals surface area (Å²) in [5.74, 6) is 0. The highest BCUT2D eigenvalue weighted by molar-refractivity contribution is 5.18. The van der Waals surface area contributed by atoms with Gasteiger partial charge < -0.3 is 5.32 Å². The van der Waals surface area contributed by atoms with E-state index < -0.39 is 0 Å². The predicted molar refractivity (Wildman–Crippen MR) is 77.7 cm³/mol. The largest absolute Gasteiger partial charge is 0.320 e. The molecule has 1 aliphatic rings. The van der Waals surface area contributed by atoms with Gasteiger partial charge in [-0.15, -0.1) is 0 Å². The lowest BCUT2D eigenvalue weighted by Gasteiger charge is -2.40. The lowest BCUT2D eigenvalue weighted by atomic mass is 9.95. The maximum absolute atomic E-state index is 3.29. The summed E-state index contributed by atoms with van der Waals surface area (Å²) in [6.07, 6.45) is 5.38. The summed E-state index contributed by atoms with van der Waals surface area (Å²) in [7, 11) is 2.05. The molecule has 1 aromatic carbocycles. The van der Waals surface area contributed by atoms with Crippen molar-refractivity contribution in [2.24, 2.45) is 0 Å². The molecule has 0 radical (unpaired) electrons. The van der Waals surface area contributed by atoms with Gasteiger partial charge in [0, 0.05) is 12.1 Å². The second-order valence-electron chi connectivity index (χ2n) is 5.37. The monoisotopic (exact) mass is 246 g/mol. The lowest BCUT2D eigenvalue weighted by molar-refractivity contribution is 0.0972. The van der Waals surface area contributed by atoms with Crippen LogP contribution < -0.4 is 5.32 Å². The topological polar surface area (TPSA) is 15.3 Å². The van der Waals surface area contributed by atoms with Crippen LogP contribution in [0, 0.1) is 0 Å². The number of nitrogens with one attached hydrogen (secondary N) is 1. The molecule has 0 amide bonds. The van der Waals surface area contributed by atoms with Crippen molar-refractivity contribution >= 4 is 0 Å². The Labute approximate surface area is 111 Å². The van der Waals surface area contributed by atoms with Crippen LogP contribution in [0.1, 0.15) is 44.2 Å². The van der Waals surface area contributed by atoms with Gasteiger partial charge in [-0.25, -0.2) is 0 Å². The number of benzene rings is 1. The van der Waals surface area contributed by atoms with Crippen LogP contribution in [0.25, 0.3) is 0 Å². The zero-order chi connectivity index (χ0) is 12.8. The number of hydrogen-bond acceptors (Lipinski definition) is 2. The van der Waals surface area contributed by atoms with Gasteiger partial charge in [-0.1, -0.05) is 36.8 Å². The summed E-state index contributed by atoms with van der Waals surface area (Å²) in [4.78, 5) is 2.70. The maximum atomic E-state index is 3.29. The van der Waals surface area contributed by atoms with Crippen molar-refractivity contribution < 1.29 is 0 Å². The van der Waals surface area contributed by atoms with Gasteiger partial charge in [0.25, 0.3) is 0 Å². The van der Waals surface area contributed by atoms with Crippen molar-refractivity contribution in [2.75, 3.05) is 20.1 Å². The Hall–Kier alpha value is -0.860. The minimum atomic E-state index is 0.549. The average Bonchev–Trinajstić information content (AvgIpc) is 2.45. The molecule has 0 spiro atoms. The molecule has 1 saturated heterocycles. The molecule has 18 heavy (non-hydrogen) atoms. The molecule has 0 bridgehead atoms. The van der Waals surface area contributed by atoms with E-state index in [2.05, 4.69) is 47.5 Å². The minimum absolute atomic E-state index is 0.549. The normalized spacial score (nSPS) is 22.9. The first-order valence-electron chi connectivity index (χ1n) is 7.28. The standard InChI is InChI=1S/C16H26N2/c1-14(15-8-4-3-5-9-15)18-13-7-6-10-16(18)11-12-17-2/h3-5,8-9,14,16-17H,6-7,10-13H2,1-2H3. The van der Waals surface area contributed by atoms with Crippen LogP contribution >= 0.6 is 0 Å². The predicted octanol–water partition coefficient (Wildman–Crippen LogP) is 3.21. The maximum Gasteiger partial charge on any atom is 0.0322 e. The Morgan fingerprint density at radius 1 is 1.28 bits per heavy atom. The third-order valence-corrected chi connectivity index (χ3v) is 4.18. The summed E-state index contributed by atoms with van der Waals surface area (Å²) in [5, 5.41) is 3.29. The van der Waals surface area contributed by atoms with E-state index in [9.17, 15) is 0 Å². The zero-order valence-electron chi connectivity index (χ0n) is 11.7. The first kappa shape index (κ1) is 13.6. The van der Waals surface area contributed by atoms with Crippen molar-refractivity contribution in [3.05, 3.63) is 35.9 Å². The lowest BCUT2D eigenvalue weighted by Crippen LogP contribution is -2.42. The minimum Gasteiger partial charge on any atom is -0.320 e. The highest BCUT2D eigenvalue weighted by atomic mass is 15.2. The van der Waals surface area contributed by atoms with E-state index in [1.54, 1.807) is 0 Å². The number of hydrogen-bond donors (Lipinski definition) is 1. The summed E-state index contributed by atoms with van der Waals surface area (Å²) in [5.41, 5.74) is 1.45. The molecule has 1 aromatic rings. The van der Waals surface area contributed by atoms with Crippen LogP contribution in [0.3, 0.4) is 0 Å². The molecule has 2 heteroatoms. The van der Waals surface area contributed by atoms with Gasteiger partial charge in [-0.2, -0.15) is 0 Å². The molecule has 2 nitrogen and oxygen atoms in total. The van der Waals surface area contributed by atoms with Crippen LogP contribution in [0.4, 0.5) is 0 Å². The molecule has 100 valence electrons. The van der Waals surface area contributed by atoms with E-state index in [4.69, 9.17) is 0 Å². The van der Waals surface area contributed by atoms with Gasteiger partial charge in [-0.3, -0.25) is 4.90 Å². The summed E-state index contributed by atoms with van der Waals surface area (Å²) < 4.78 is 0. The van der Waals surface area contributed by atoms with E-state index in [1.807, 2.05) is 7.05 Å². The number of nitrogens with zero attached hydrogens (tertiary/aromatic N) is 1. The van der Waals surface area contributed by atoms with E-state index in [0.717, 1.165) is 12.6 Å². The van der Waals surface area contributed by atoms with Gasteiger partial charge in [0.05, 0.1) is 0 Å². The summed E-state index contributed by atoms with van der Waals surface area (Å²) in [6.45, 7) is 4.74. The van der Waals surface area contributed by atoms with Crippen LogP contribution in [0.2, 0.25) is 0 Å². The van der Waals surface area contributed by atoms with E-state index in [0.29, 0.717) is 6.04 Å². The van der Waals surface area contributed by atoms with Crippen LogP contribution in [0.5, 0.6) is 0 Å². The van der Waals surface area contributed by atoms with Crippen molar-refractivity contribution in [3.63, 3.8) is 0 Å². The Balaban J connectivity index is 2.03. The van der Waals surface area contributed by atoms with Crippen LogP contribution in [-0.2, 0) is 0 Å². The molecular formula is C16H26N2. The van der Waals surface area contributed by atoms with Crippen LogP contribution in [-0.4, -0.2) is 31.1 Å². The fraction of sp³-hybridized carbons (Fsp3) is 0.625. The summed E-state index contributed by atoms with van der Waals surface area (Å²) in [6, 6.07) is 12.2. The molecule has 1 N–H and O–H groups in total. The molecule has 2 rings (SSSR count). The fourth-order valence-electron chi connectivity index (χ4n) is 3.08. The first-order chi connectivity index (χ1) is 8.83. The molecular weight excluding hydrogens is 220 g/mol. The Morgan fingerprint density at radius 3 is 2.78 bits per heavy atom.